The third-order valence-electron chi connectivity index (χ3n) is 3.03. The molecule has 1 aromatic carbocycles. The molecule has 102 valence electrons. The number of anilines is 1. The minimum absolute atomic E-state index is 0.139. The Morgan fingerprint density at radius 3 is 2.80 bits per heavy atom. The molecule has 3 N–H and O–H groups in total. The zero-order chi connectivity index (χ0) is 14.1. The van der Waals surface area contributed by atoms with Crippen LogP contribution in [-0.4, -0.2) is 26.6 Å². The lowest BCUT2D eigenvalue weighted by molar-refractivity contribution is 0.414. The van der Waals surface area contributed by atoms with Crippen LogP contribution >= 0.6 is 0 Å². The van der Waals surface area contributed by atoms with Gasteiger partial charge in [-0.1, -0.05) is 12.1 Å². The van der Waals surface area contributed by atoms with Crippen molar-refractivity contribution < 1.29 is 4.74 Å². The van der Waals surface area contributed by atoms with E-state index in [1.807, 2.05) is 24.3 Å². The van der Waals surface area contributed by atoms with Crippen LogP contribution in [0.2, 0.25) is 0 Å². The van der Waals surface area contributed by atoms with Crippen molar-refractivity contribution in [2.45, 2.75) is 6.54 Å². The lowest BCUT2D eigenvalue weighted by atomic mass is 10.2. The molecule has 0 saturated heterocycles. The summed E-state index contributed by atoms with van der Waals surface area (Å²) < 4.78 is 6.63. The Morgan fingerprint density at radius 1 is 1.35 bits per heavy atom. The van der Waals surface area contributed by atoms with Gasteiger partial charge in [-0.15, -0.1) is 0 Å². The lowest BCUT2D eigenvalue weighted by Gasteiger charge is -2.05. The number of aromatic nitrogens is 4. The second kappa shape index (κ2) is 4.69. The number of methoxy groups -OCH3 is 1. The number of H-pyrrole nitrogens is 1. The molecule has 3 aromatic rings. The number of imidazole rings is 1. The second-order valence-electron chi connectivity index (χ2n) is 4.33. The molecule has 2 heterocycles. The minimum atomic E-state index is -0.240. The maximum atomic E-state index is 12.0. The van der Waals surface area contributed by atoms with E-state index in [1.54, 1.807) is 7.11 Å². The van der Waals surface area contributed by atoms with Crippen molar-refractivity contribution in [3.05, 3.63) is 46.5 Å². The van der Waals surface area contributed by atoms with Crippen LogP contribution in [0.25, 0.3) is 11.2 Å². The number of fused-ring (bicyclic) bond motifs is 1. The molecule has 0 aliphatic rings. The topological polar surface area (TPSA) is 98.8 Å². The number of aromatic amines is 1. The first kappa shape index (κ1) is 12.2. The van der Waals surface area contributed by atoms with Gasteiger partial charge in [-0.2, -0.15) is 4.98 Å². The van der Waals surface area contributed by atoms with Crippen LogP contribution in [0.1, 0.15) is 5.56 Å². The molecule has 7 nitrogen and oxygen atoms in total. The maximum absolute atomic E-state index is 12.0. The van der Waals surface area contributed by atoms with E-state index in [0.717, 1.165) is 11.3 Å². The van der Waals surface area contributed by atoms with Gasteiger partial charge >= 0.3 is 5.69 Å². The Bertz CT molecular complexity index is 804. The second-order valence-corrected chi connectivity index (χ2v) is 4.33. The van der Waals surface area contributed by atoms with E-state index in [1.165, 1.54) is 10.8 Å². The zero-order valence-corrected chi connectivity index (χ0v) is 10.8. The van der Waals surface area contributed by atoms with Crippen LogP contribution in [0.3, 0.4) is 0 Å². The molecule has 0 saturated carbocycles. The fourth-order valence-corrected chi connectivity index (χ4v) is 2.02. The fourth-order valence-electron chi connectivity index (χ4n) is 2.02. The van der Waals surface area contributed by atoms with Gasteiger partial charge in [-0.3, -0.25) is 4.57 Å². The number of hydrogen-bond donors (Lipinski definition) is 2. The molecule has 0 aliphatic heterocycles. The summed E-state index contributed by atoms with van der Waals surface area (Å²) in [6, 6.07) is 7.49. The van der Waals surface area contributed by atoms with Crippen LogP contribution in [0.15, 0.2) is 35.3 Å². The van der Waals surface area contributed by atoms with Crippen molar-refractivity contribution in [1.82, 2.24) is 19.5 Å². The number of rotatable bonds is 3. The van der Waals surface area contributed by atoms with Crippen LogP contribution in [0, 0.1) is 0 Å². The van der Waals surface area contributed by atoms with Crippen molar-refractivity contribution in [1.29, 1.82) is 0 Å². The molecule has 0 fully saturated rings. The van der Waals surface area contributed by atoms with E-state index in [0.29, 0.717) is 17.7 Å². The molecular formula is C13H13N5O2. The molecule has 2 aromatic heterocycles. The van der Waals surface area contributed by atoms with Crippen molar-refractivity contribution in [3.63, 3.8) is 0 Å². The van der Waals surface area contributed by atoms with Gasteiger partial charge in [0.15, 0.2) is 5.65 Å². The van der Waals surface area contributed by atoms with Crippen LogP contribution in [0.4, 0.5) is 5.95 Å². The van der Waals surface area contributed by atoms with Crippen molar-refractivity contribution in [3.8, 4) is 5.75 Å². The molecule has 20 heavy (non-hydrogen) atoms. The van der Waals surface area contributed by atoms with E-state index >= 15 is 0 Å². The van der Waals surface area contributed by atoms with Gasteiger partial charge in [-0.25, -0.2) is 9.78 Å². The Labute approximate surface area is 114 Å². The normalized spacial score (nSPS) is 10.8. The summed E-state index contributed by atoms with van der Waals surface area (Å²) in [6.07, 6.45) is 1.50. The highest BCUT2D eigenvalue weighted by molar-refractivity contribution is 5.70. The number of nitrogen functional groups attached to an aromatic ring is 1. The summed E-state index contributed by atoms with van der Waals surface area (Å²) in [4.78, 5) is 22.6. The van der Waals surface area contributed by atoms with Gasteiger partial charge in [0.05, 0.1) is 19.9 Å². The predicted molar refractivity (Wildman–Crippen MR) is 74.7 cm³/mol. The maximum Gasteiger partial charge on any atom is 0.328 e. The highest BCUT2D eigenvalue weighted by Crippen LogP contribution is 2.14. The molecule has 3 rings (SSSR count). The average Bonchev–Trinajstić information content (AvgIpc) is 2.76. The first-order chi connectivity index (χ1) is 9.67. The third kappa shape index (κ3) is 2.09. The Morgan fingerprint density at radius 2 is 2.10 bits per heavy atom. The van der Waals surface area contributed by atoms with Crippen molar-refractivity contribution in [2.75, 3.05) is 12.8 Å². The highest BCUT2D eigenvalue weighted by atomic mass is 16.5. The summed E-state index contributed by atoms with van der Waals surface area (Å²) in [5.74, 6) is 0.909. The van der Waals surface area contributed by atoms with Gasteiger partial charge in [0, 0.05) is 0 Å². The smallest absolute Gasteiger partial charge is 0.328 e. The molecule has 0 amide bonds. The molecular weight excluding hydrogens is 258 g/mol. The number of nitrogens with two attached hydrogens (primary N) is 1. The highest BCUT2D eigenvalue weighted by Gasteiger charge is 2.09. The van der Waals surface area contributed by atoms with Gasteiger partial charge in [0.2, 0.25) is 5.95 Å². The lowest BCUT2D eigenvalue weighted by Crippen LogP contribution is -2.17. The number of nitrogens with zero attached hydrogens (tertiary/aromatic N) is 3. The minimum Gasteiger partial charge on any atom is -0.497 e. The molecule has 0 radical (unpaired) electrons. The van der Waals surface area contributed by atoms with Crippen LogP contribution in [0.5, 0.6) is 5.75 Å². The number of hydrogen-bond acceptors (Lipinski definition) is 5. The van der Waals surface area contributed by atoms with Gasteiger partial charge in [0.25, 0.3) is 0 Å². The summed E-state index contributed by atoms with van der Waals surface area (Å²) in [5.41, 5.74) is 7.35. The SMILES string of the molecule is COc1ccc(Cn2c(=O)[nH]c3cnc(N)nc32)cc1. The zero-order valence-electron chi connectivity index (χ0n) is 10.8. The van der Waals surface area contributed by atoms with E-state index in [2.05, 4.69) is 15.0 Å². The Kier molecular flexibility index (Phi) is 2.86. The van der Waals surface area contributed by atoms with Gasteiger partial charge in [-0.05, 0) is 17.7 Å². The molecule has 0 aliphatic carbocycles. The summed E-state index contributed by atoms with van der Waals surface area (Å²) in [7, 11) is 1.61. The average molecular weight is 271 g/mol. The number of benzene rings is 1. The molecule has 0 bridgehead atoms. The molecule has 0 spiro atoms. The molecule has 0 unspecified atom stereocenters. The predicted octanol–water partition coefficient (Wildman–Crippen LogP) is 0.759. The summed E-state index contributed by atoms with van der Waals surface area (Å²) in [5, 5.41) is 0. The quantitative estimate of drug-likeness (QED) is 0.732. The first-order valence-corrected chi connectivity index (χ1v) is 6.01. The van der Waals surface area contributed by atoms with E-state index < -0.39 is 0 Å². The van der Waals surface area contributed by atoms with Gasteiger partial charge < -0.3 is 15.5 Å². The monoisotopic (exact) mass is 271 g/mol. The fraction of sp³-hybridized carbons (Fsp3) is 0.154. The van der Waals surface area contributed by atoms with E-state index in [9.17, 15) is 4.79 Å². The first-order valence-electron chi connectivity index (χ1n) is 6.01. The van der Waals surface area contributed by atoms with Crippen LogP contribution < -0.4 is 16.2 Å². The Hall–Kier alpha value is -2.83. The number of nitrogens with one attached hydrogen (secondary N) is 1. The number of ether oxygens (including phenoxy) is 1. The summed E-state index contributed by atoms with van der Waals surface area (Å²) >= 11 is 0. The van der Waals surface area contributed by atoms with Crippen LogP contribution in [-0.2, 0) is 6.54 Å². The third-order valence-corrected chi connectivity index (χ3v) is 3.03. The molecule has 7 heteroatoms. The molecule has 0 atom stereocenters. The van der Waals surface area contributed by atoms with E-state index in [4.69, 9.17) is 10.5 Å². The standard InChI is InChI=1S/C13H13N5O2/c1-20-9-4-2-8(3-5-9)7-18-11-10(16-13(18)19)6-15-12(14)17-11/h2-6H,7H2,1H3,(H,16,19)(H2,14,15,17). The summed E-state index contributed by atoms with van der Waals surface area (Å²) in [6.45, 7) is 0.402. The van der Waals surface area contributed by atoms with E-state index in [-0.39, 0.29) is 11.6 Å². The van der Waals surface area contributed by atoms with Crippen molar-refractivity contribution in [2.24, 2.45) is 0 Å². The Balaban J connectivity index is 2.03. The van der Waals surface area contributed by atoms with Gasteiger partial charge in [0.1, 0.15) is 11.3 Å². The largest absolute Gasteiger partial charge is 0.497 e. The van der Waals surface area contributed by atoms with Crippen molar-refractivity contribution >= 4 is 17.1 Å².